The Hall–Kier alpha value is -1.82. The SMILES string of the molecule is CC1(C)CC(c2ccc(C3CCC(c4ccc(C5CC(C)(C)NC(C)(C)C5)c(F)c4)OC3)cc2F)CC(C)(C)N1. The average molecular weight is 553 g/mol. The maximum Gasteiger partial charge on any atom is 0.127 e. The van der Waals surface area contributed by atoms with Crippen LogP contribution < -0.4 is 10.6 Å². The highest BCUT2D eigenvalue weighted by Crippen LogP contribution is 2.43. The van der Waals surface area contributed by atoms with Gasteiger partial charge in [0.25, 0.3) is 0 Å². The van der Waals surface area contributed by atoms with Crippen molar-refractivity contribution in [2.45, 2.75) is 140 Å². The number of hydrogen-bond acceptors (Lipinski definition) is 3. The molecule has 0 aliphatic carbocycles. The Kier molecular flexibility index (Phi) is 7.76. The van der Waals surface area contributed by atoms with E-state index in [-0.39, 0.29) is 57.6 Å². The molecule has 0 amide bonds. The van der Waals surface area contributed by atoms with Gasteiger partial charge in [-0.2, -0.15) is 0 Å². The standard InChI is InChI=1S/C35H50F2N2O/c1-32(2)17-25(18-33(3,4)38-32)27-12-9-22(15-29(27)36)24-11-14-31(40-21-24)23-10-13-28(30(37)16-23)26-19-34(5,6)39-35(7,8)20-26/h9-10,12-13,15-16,24-26,31,38-39H,11,14,17-21H2,1-8H3. The van der Waals surface area contributed by atoms with E-state index in [1.807, 2.05) is 12.1 Å². The Morgan fingerprint density at radius 3 is 1.43 bits per heavy atom. The predicted octanol–water partition coefficient (Wildman–Crippen LogP) is 8.65. The van der Waals surface area contributed by atoms with Crippen molar-refractivity contribution in [1.82, 2.24) is 10.6 Å². The third-order valence-corrected chi connectivity index (χ3v) is 9.43. The molecule has 0 radical (unpaired) electrons. The van der Waals surface area contributed by atoms with E-state index in [9.17, 15) is 0 Å². The van der Waals surface area contributed by atoms with E-state index < -0.39 is 0 Å². The van der Waals surface area contributed by atoms with Gasteiger partial charge in [0.1, 0.15) is 11.6 Å². The lowest BCUT2D eigenvalue weighted by molar-refractivity contribution is 0.00213. The third kappa shape index (κ3) is 6.63. The highest BCUT2D eigenvalue weighted by atomic mass is 19.1. The molecular formula is C35H50F2N2O. The van der Waals surface area contributed by atoms with Crippen molar-refractivity contribution in [3.8, 4) is 0 Å². The molecule has 2 N–H and O–H groups in total. The second-order valence-electron chi connectivity index (χ2n) is 15.7. The normalized spacial score (nSPS) is 28.4. The topological polar surface area (TPSA) is 33.3 Å². The fraction of sp³-hybridized carbons (Fsp3) is 0.657. The van der Waals surface area contributed by atoms with Crippen LogP contribution in [0, 0.1) is 11.6 Å². The van der Waals surface area contributed by atoms with E-state index in [0.29, 0.717) is 6.61 Å². The molecule has 0 aromatic heterocycles. The summed E-state index contributed by atoms with van der Waals surface area (Å²) in [6, 6.07) is 11.6. The number of halogens is 2. The lowest BCUT2D eigenvalue weighted by atomic mass is 9.73. The minimum Gasteiger partial charge on any atom is -0.373 e. The molecule has 0 bridgehead atoms. The predicted molar refractivity (Wildman–Crippen MR) is 160 cm³/mol. The van der Waals surface area contributed by atoms with Crippen molar-refractivity contribution in [2.75, 3.05) is 6.61 Å². The molecule has 40 heavy (non-hydrogen) atoms. The first-order chi connectivity index (χ1) is 18.5. The van der Waals surface area contributed by atoms with Gasteiger partial charge >= 0.3 is 0 Å². The van der Waals surface area contributed by atoms with Gasteiger partial charge in [0.15, 0.2) is 0 Å². The highest BCUT2D eigenvalue weighted by molar-refractivity contribution is 5.33. The van der Waals surface area contributed by atoms with E-state index in [1.165, 1.54) is 0 Å². The fourth-order valence-corrected chi connectivity index (χ4v) is 8.56. The minimum absolute atomic E-state index is 0.0256. The van der Waals surface area contributed by atoms with Crippen molar-refractivity contribution in [3.05, 3.63) is 70.3 Å². The summed E-state index contributed by atoms with van der Waals surface area (Å²) in [5.41, 5.74) is 3.45. The van der Waals surface area contributed by atoms with Crippen LogP contribution in [0.4, 0.5) is 8.78 Å². The van der Waals surface area contributed by atoms with Crippen LogP contribution in [-0.4, -0.2) is 28.8 Å². The molecule has 0 saturated carbocycles. The molecule has 2 unspecified atom stereocenters. The number of nitrogens with one attached hydrogen (secondary N) is 2. The first-order valence-corrected chi connectivity index (χ1v) is 15.3. The summed E-state index contributed by atoms with van der Waals surface area (Å²) in [5, 5.41) is 7.39. The van der Waals surface area contributed by atoms with E-state index in [2.05, 4.69) is 78.2 Å². The first kappa shape index (κ1) is 29.7. The van der Waals surface area contributed by atoms with Gasteiger partial charge in [-0.15, -0.1) is 0 Å². The van der Waals surface area contributed by atoms with Crippen LogP contribution in [0.25, 0.3) is 0 Å². The number of rotatable bonds is 4. The Bertz CT molecular complexity index is 1100. The first-order valence-electron chi connectivity index (χ1n) is 15.3. The van der Waals surface area contributed by atoms with Crippen molar-refractivity contribution in [3.63, 3.8) is 0 Å². The fourth-order valence-electron chi connectivity index (χ4n) is 8.56. The molecule has 5 heteroatoms. The molecule has 3 fully saturated rings. The van der Waals surface area contributed by atoms with Crippen LogP contribution >= 0.6 is 0 Å². The molecule has 2 aromatic rings. The second kappa shape index (κ2) is 10.5. The van der Waals surface area contributed by atoms with E-state index >= 15 is 8.78 Å². The molecule has 2 atom stereocenters. The summed E-state index contributed by atoms with van der Waals surface area (Å²) < 4.78 is 37.2. The zero-order valence-electron chi connectivity index (χ0n) is 25.9. The molecule has 3 nitrogen and oxygen atoms in total. The maximum atomic E-state index is 15.5. The van der Waals surface area contributed by atoms with Gasteiger partial charge in [-0.25, -0.2) is 8.78 Å². The van der Waals surface area contributed by atoms with Crippen LogP contribution in [-0.2, 0) is 4.74 Å². The van der Waals surface area contributed by atoms with Gasteiger partial charge in [0, 0.05) is 28.1 Å². The molecule has 0 spiro atoms. The third-order valence-electron chi connectivity index (χ3n) is 9.43. The zero-order valence-corrected chi connectivity index (χ0v) is 25.9. The largest absolute Gasteiger partial charge is 0.373 e. The van der Waals surface area contributed by atoms with Crippen LogP contribution in [0.1, 0.15) is 140 Å². The molecule has 5 rings (SSSR count). The van der Waals surface area contributed by atoms with E-state index in [4.69, 9.17) is 4.74 Å². The average Bonchev–Trinajstić information content (AvgIpc) is 2.80. The number of hydrogen-bond donors (Lipinski definition) is 2. The lowest BCUT2D eigenvalue weighted by Gasteiger charge is -2.47. The molecular weight excluding hydrogens is 502 g/mol. The van der Waals surface area contributed by atoms with E-state index in [0.717, 1.165) is 60.8 Å². The maximum absolute atomic E-state index is 15.5. The van der Waals surface area contributed by atoms with Gasteiger partial charge in [0.2, 0.25) is 0 Å². The number of ether oxygens (including phenoxy) is 1. The smallest absolute Gasteiger partial charge is 0.127 e. The van der Waals surface area contributed by atoms with Crippen LogP contribution in [0.3, 0.4) is 0 Å². The molecule has 3 aliphatic rings. The number of benzene rings is 2. The van der Waals surface area contributed by atoms with Crippen molar-refractivity contribution >= 4 is 0 Å². The Labute approximate surface area is 240 Å². The zero-order chi connectivity index (χ0) is 29.1. The summed E-state index contributed by atoms with van der Waals surface area (Å²) in [6.07, 6.45) is 5.25. The molecule has 3 saturated heterocycles. The summed E-state index contributed by atoms with van der Waals surface area (Å²) in [6.45, 7) is 18.2. The summed E-state index contributed by atoms with van der Waals surface area (Å²) in [7, 11) is 0. The molecule has 220 valence electrons. The van der Waals surface area contributed by atoms with Gasteiger partial charge in [-0.05, 0) is 140 Å². The Morgan fingerprint density at radius 1 is 0.600 bits per heavy atom. The Morgan fingerprint density at radius 2 is 1.02 bits per heavy atom. The van der Waals surface area contributed by atoms with Gasteiger partial charge in [0.05, 0.1) is 12.7 Å². The summed E-state index contributed by atoms with van der Waals surface area (Å²) >= 11 is 0. The lowest BCUT2D eigenvalue weighted by Crippen LogP contribution is -2.57. The molecule has 3 aliphatic heterocycles. The monoisotopic (exact) mass is 552 g/mol. The van der Waals surface area contributed by atoms with Crippen molar-refractivity contribution in [2.24, 2.45) is 0 Å². The van der Waals surface area contributed by atoms with E-state index in [1.54, 1.807) is 12.1 Å². The van der Waals surface area contributed by atoms with Crippen LogP contribution in [0.2, 0.25) is 0 Å². The molecule has 2 aromatic carbocycles. The van der Waals surface area contributed by atoms with Crippen molar-refractivity contribution < 1.29 is 13.5 Å². The number of piperidine rings is 2. The van der Waals surface area contributed by atoms with Gasteiger partial charge < -0.3 is 15.4 Å². The highest BCUT2D eigenvalue weighted by Gasteiger charge is 2.40. The quantitative estimate of drug-likeness (QED) is 0.398. The summed E-state index contributed by atoms with van der Waals surface area (Å²) in [4.78, 5) is 0. The van der Waals surface area contributed by atoms with Gasteiger partial charge in [-0.3, -0.25) is 0 Å². The summed E-state index contributed by atoms with van der Waals surface area (Å²) in [5.74, 6) is 0.330. The minimum atomic E-state index is -0.122. The molecule has 3 heterocycles. The Balaban J connectivity index is 1.23. The van der Waals surface area contributed by atoms with Crippen LogP contribution in [0.5, 0.6) is 0 Å². The van der Waals surface area contributed by atoms with Gasteiger partial charge in [-0.1, -0.05) is 24.3 Å². The second-order valence-corrected chi connectivity index (χ2v) is 15.7. The van der Waals surface area contributed by atoms with Crippen LogP contribution in [0.15, 0.2) is 36.4 Å². The van der Waals surface area contributed by atoms with Crippen molar-refractivity contribution in [1.29, 1.82) is 0 Å².